The van der Waals surface area contributed by atoms with Crippen molar-refractivity contribution in [1.82, 2.24) is 4.90 Å². The van der Waals surface area contributed by atoms with Gasteiger partial charge in [-0.25, -0.2) is 0 Å². The molecule has 0 amide bonds. The van der Waals surface area contributed by atoms with E-state index in [4.69, 9.17) is 4.99 Å². The Labute approximate surface area is 132 Å². The van der Waals surface area contributed by atoms with Crippen LogP contribution in [0, 0.1) is 0 Å². The Morgan fingerprint density at radius 1 is 0.955 bits per heavy atom. The van der Waals surface area contributed by atoms with E-state index in [1.165, 1.54) is 42.5 Å². The first kappa shape index (κ1) is 13.7. The lowest BCUT2D eigenvalue weighted by Gasteiger charge is -2.37. The van der Waals surface area contributed by atoms with Crippen LogP contribution in [0.25, 0.3) is 11.1 Å². The molecule has 112 valence electrons. The molecule has 0 aliphatic carbocycles. The van der Waals surface area contributed by atoms with E-state index >= 15 is 0 Å². The van der Waals surface area contributed by atoms with Crippen LogP contribution >= 0.6 is 0 Å². The van der Waals surface area contributed by atoms with E-state index in [9.17, 15) is 0 Å². The fourth-order valence-electron chi connectivity index (χ4n) is 3.95. The summed E-state index contributed by atoms with van der Waals surface area (Å²) in [5, 5.41) is 0. The van der Waals surface area contributed by atoms with Gasteiger partial charge in [-0.3, -0.25) is 4.99 Å². The first-order valence-electron chi connectivity index (χ1n) is 8.27. The van der Waals surface area contributed by atoms with E-state index in [0.717, 1.165) is 5.69 Å². The van der Waals surface area contributed by atoms with E-state index < -0.39 is 0 Å². The van der Waals surface area contributed by atoms with Crippen molar-refractivity contribution in [3.8, 4) is 11.1 Å². The van der Waals surface area contributed by atoms with Crippen molar-refractivity contribution in [2.75, 3.05) is 13.6 Å². The Bertz CT molecular complexity index is 704. The highest BCUT2D eigenvalue weighted by Gasteiger charge is 2.30. The van der Waals surface area contributed by atoms with Gasteiger partial charge in [-0.1, -0.05) is 48.9 Å². The molecule has 0 bridgehead atoms. The van der Waals surface area contributed by atoms with E-state index in [-0.39, 0.29) is 0 Å². The summed E-state index contributed by atoms with van der Waals surface area (Å²) in [4.78, 5) is 7.36. The van der Waals surface area contributed by atoms with E-state index in [1.54, 1.807) is 0 Å². The average Bonchev–Trinajstić information content (AvgIpc) is 2.73. The third-order valence-electron chi connectivity index (χ3n) is 5.13. The molecule has 22 heavy (non-hydrogen) atoms. The molecule has 2 heterocycles. The molecule has 0 radical (unpaired) electrons. The third-order valence-corrected chi connectivity index (χ3v) is 5.13. The summed E-state index contributed by atoms with van der Waals surface area (Å²) < 4.78 is 0. The van der Waals surface area contributed by atoms with Gasteiger partial charge in [0.1, 0.15) is 0 Å². The maximum absolute atomic E-state index is 4.84. The molecule has 0 saturated carbocycles. The highest BCUT2D eigenvalue weighted by molar-refractivity contribution is 5.88. The summed E-state index contributed by atoms with van der Waals surface area (Å²) in [7, 11) is 2.26. The number of rotatable bonds is 1. The van der Waals surface area contributed by atoms with Crippen molar-refractivity contribution < 1.29 is 0 Å². The van der Waals surface area contributed by atoms with Crippen molar-refractivity contribution in [3.05, 3.63) is 54.1 Å². The maximum atomic E-state index is 4.84. The molecule has 2 unspecified atom stereocenters. The van der Waals surface area contributed by atoms with Gasteiger partial charge >= 0.3 is 0 Å². The lowest BCUT2D eigenvalue weighted by Crippen LogP contribution is -2.41. The number of likely N-dealkylation sites (tertiary alicyclic amines) is 1. The Hall–Kier alpha value is -1.93. The van der Waals surface area contributed by atoms with Gasteiger partial charge in [-0.15, -0.1) is 0 Å². The predicted octanol–water partition coefficient (Wildman–Crippen LogP) is 4.64. The number of benzene rings is 2. The SMILES string of the molecule is CN1CCCCC1C1C=Nc2ccccc2-c2ccccc21. The van der Waals surface area contributed by atoms with E-state index in [0.29, 0.717) is 12.0 Å². The number of hydrogen-bond donors (Lipinski definition) is 0. The molecule has 0 spiro atoms. The minimum Gasteiger partial charge on any atom is -0.302 e. The van der Waals surface area contributed by atoms with Crippen LogP contribution in [-0.4, -0.2) is 30.7 Å². The number of nitrogens with zero attached hydrogens (tertiary/aromatic N) is 2. The molecule has 2 aliphatic rings. The number of hydrogen-bond acceptors (Lipinski definition) is 2. The van der Waals surface area contributed by atoms with E-state index in [2.05, 4.69) is 66.7 Å². The monoisotopic (exact) mass is 290 g/mol. The Morgan fingerprint density at radius 3 is 2.59 bits per heavy atom. The van der Waals surface area contributed by atoms with Crippen LogP contribution in [0.2, 0.25) is 0 Å². The average molecular weight is 290 g/mol. The summed E-state index contributed by atoms with van der Waals surface area (Å²) in [6.45, 7) is 1.20. The minimum absolute atomic E-state index is 0.383. The molecule has 2 aromatic carbocycles. The second-order valence-electron chi connectivity index (χ2n) is 6.45. The molecule has 2 nitrogen and oxygen atoms in total. The third kappa shape index (κ3) is 2.28. The normalized spacial score (nSPS) is 24.4. The van der Waals surface area contributed by atoms with Gasteiger partial charge in [0.25, 0.3) is 0 Å². The zero-order valence-corrected chi connectivity index (χ0v) is 13.1. The fourth-order valence-corrected chi connectivity index (χ4v) is 3.95. The standard InChI is InChI=1S/C20H22N2/c1-22-13-7-6-12-20(22)18-14-21-19-11-5-4-10-17(19)15-8-2-3-9-16(15)18/h2-5,8-11,14,18,20H,6-7,12-13H2,1H3. The minimum atomic E-state index is 0.383. The number of likely N-dealkylation sites (N-methyl/N-ethyl adjacent to an activating group) is 1. The maximum Gasteiger partial charge on any atom is 0.0704 e. The summed E-state index contributed by atoms with van der Waals surface area (Å²) in [5.74, 6) is 0.383. The molecular weight excluding hydrogens is 268 g/mol. The van der Waals surface area contributed by atoms with Crippen molar-refractivity contribution in [1.29, 1.82) is 0 Å². The molecule has 2 aliphatic heterocycles. The topological polar surface area (TPSA) is 15.6 Å². The molecule has 0 aromatic heterocycles. The number of aliphatic imine (C=N–C) groups is 1. The second kappa shape index (κ2) is 5.69. The molecule has 1 saturated heterocycles. The van der Waals surface area contributed by atoms with Gasteiger partial charge < -0.3 is 4.90 Å². The van der Waals surface area contributed by atoms with Crippen LogP contribution in [-0.2, 0) is 0 Å². The second-order valence-corrected chi connectivity index (χ2v) is 6.45. The van der Waals surface area contributed by atoms with Crippen LogP contribution in [0.1, 0.15) is 30.7 Å². The Balaban J connectivity index is 1.85. The molecule has 0 N–H and O–H groups in total. The van der Waals surface area contributed by atoms with E-state index in [1.807, 2.05) is 0 Å². The van der Waals surface area contributed by atoms with Gasteiger partial charge in [-0.2, -0.15) is 0 Å². The van der Waals surface area contributed by atoms with Crippen molar-refractivity contribution >= 4 is 11.9 Å². The van der Waals surface area contributed by atoms with Gasteiger partial charge in [0, 0.05) is 23.7 Å². The molecule has 2 aromatic rings. The van der Waals surface area contributed by atoms with Gasteiger partial charge in [0.2, 0.25) is 0 Å². The van der Waals surface area contributed by atoms with Crippen molar-refractivity contribution in [2.24, 2.45) is 4.99 Å². The smallest absolute Gasteiger partial charge is 0.0704 e. The number of piperidine rings is 1. The van der Waals surface area contributed by atoms with Gasteiger partial charge in [-0.05, 0) is 43.6 Å². The quantitative estimate of drug-likeness (QED) is 0.747. The van der Waals surface area contributed by atoms with Crippen LogP contribution in [0.5, 0.6) is 0 Å². The molecule has 1 fully saturated rings. The first-order chi connectivity index (χ1) is 10.8. The summed E-state index contributed by atoms with van der Waals surface area (Å²) in [6.07, 6.45) is 6.10. The zero-order chi connectivity index (χ0) is 14.9. The highest BCUT2D eigenvalue weighted by Crippen LogP contribution is 2.40. The Morgan fingerprint density at radius 2 is 1.73 bits per heavy atom. The van der Waals surface area contributed by atoms with Crippen LogP contribution < -0.4 is 0 Å². The summed E-state index contributed by atoms with van der Waals surface area (Å²) in [6, 6.07) is 17.9. The molecular formula is C20H22N2. The summed E-state index contributed by atoms with van der Waals surface area (Å²) in [5.41, 5.74) is 5.13. The molecule has 2 atom stereocenters. The number of para-hydroxylation sites is 1. The lowest BCUT2D eigenvalue weighted by atomic mass is 9.83. The molecule has 2 heteroatoms. The first-order valence-corrected chi connectivity index (χ1v) is 8.27. The predicted molar refractivity (Wildman–Crippen MR) is 93.0 cm³/mol. The fraction of sp³-hybridized carbons (Fsp3) is 0.350. The number of fused-ring (bicyclic) bond motifs is 3. The Kier molecular flexibility index (Phi) is 3.55. The summed E-state index contributed by atoms with van der Waals surface area (Å²) >= 11 is 0. The molecule has 4 rings (SSSR count). The zero-order valence-electron chi connectivity index (χ0n) is 13.1. The van der Waals surface area contributed by atoms with Crippen LogP contribution in [0.4, 0.5) is 5.69 Å². The largest absolute Gasteiger partial charge is 0.302 e. The van der Waals surface area contributed by atoms with Crippen molar-refractivity contribution in [3.63, 3.8) is 0 Å². The highest BCUT2D eigenvalue weighted by atomic mass is 15.1. The van der Waals surface area contributed by atoms with Crippen LogP contribution in [0.3, 0.4) is 0 Å². The van der Waals surface area contributed by atoms with Crippen LogP contribution in [0.15, 0.2) is 53.5 Å². The van der Waals surface area contributed by atoms with Crippen molar-refractivity contribution in [2.45, 2.75) is 31.2 Å². The van der Waals surface area contributed by atoms with Gasteiger partial charge in [0.15, 0.2) is 0 Å². The van der Waals surface area contributed by atoms with Gasteiger partial charge in [0.05, 0.1) is 5.69 Å². The lowest BCUT2D eigenvalue weighted by molar-refractivity contribution is 0.178.